The first-order chi connectivity index (χ1) is 5.66. The van der Waals surface area contributed by atoms with Crippen LogP contribution in [-0.4, -0.2) is 22.7 Å². The van der Waals surface area contributed by atoms with Gasteiger partial charge in [0.25, 0.3) is 0 Å². The van der Waals surface area contributed by atoms with Gasteiger partial charge in [0.1, 0.15) is 0 Å². The fourth-order valence-corrected chi connectivity index (χ4v) is 3.65. The van der Waals surface area contributed by atoms with Gasteiger partial charge >= 0.3 is 0 Å². The van der Waals surface area contributed by atoms with Gasteiger partial charge in [-0.15, -0.1) is 10.3 Å². The van der Waals surface area contributed by atoms with Gasteiger partial charge in [-0.3, -0.25) is 0 Å². The lowest BCUT2D eigenvalue weighted by Gasteiger charge is -2.57. The van der Waals surface area contributed by atoms with Crippen molar-refractivity contribution in [1.82, 2.24) is 5.06 Å². The highest BCUT2D eigenvalue weighted by Gasteiger charge is 2.53. The van der Waals surface area contributed by atoms with Gasteiger partial charge in [0.15, 0.2) is 0 Å². The lowest BCUT2D eigenvalue weighted by Crippen LogP contribution is -2.66. The lowest BCUT2D eigenvalue weighted by atomic mass is 9.60. The van der Waals surface area contributed by atoms with Crippen LogP contribution in [0.25, 0.3) is 0 Å². The van der Waals surface area contributed by atoms with E-state index in [2.05, 4.69) is 0 Å². The fraction of sp³-hybridized carbons (Fsp3) is 1.00. The molecular formula is C9H15N2O. The van der Waals surface area contributed by atoms with Crippen molar-refractivity contribution in [3.8, 4) is 0 Å². The van der Waals surface area contributed by atoms with E-state index in [9.17, 15) is 5.21 Å². The second kappa shape index (κ2) is 2.03. The number of hydroxylamine groups is 2. The number of piperidine rings is 2. The Morgan fingerprint density at radius 3 is 2.25 bits per heavy atom. The predicted octanol–water partition coefficient (Wildman–Crippen LogP) is 0.676. The number of rotatable bonds is 0. The zero-order valence-electron chi connectivity index (χ0n) is 7.20. The molecule has 0 aromatic carbocycles. The Kier molecular flexibility index (Phi) is 1.23. The van der Waals surface area contributed by atoms with Gasteiger partial charge in [-0.2, -0.15) is 0 Å². The molecule has 4 fully saturated rings. The summed E-state index contributed by atoms with van der Waals surface area (Å²) < 4.78 is 0. The van der Waals surface area contributed by atoms with Gasteiger partial charge in [0, 0.05) is 17.6 Å². The first-order valence-electron chi connectivity index (χ1n) is 4.91. The zero-order chi connectivity index (χ0) is 8.34. The largest absolute Gasteiger partial charge is 0.325 e. The maximum atomic E-state index is 11.6. The van der Waals surface area contributed by atoms with Gasteiger partial charge in [-0.05, 0) is 38.0 Å². The minimum absolute atomic E-state index is 0.0391. The van der Waals surface area contributed by atoms with Crippen molar-refractivity contribution in [1.29, 1.82) is 0 Å². The topological polar surface area (TPSA) is 49.2 Å². The van der Waals surface area contributed by atoms with E-state index in [1.807, 2.05) is 0 Å². The highest BCUT2D eigenvalue weighted by atomic mass is 16.5. The Labute approximate surface area is 72.5 Å². The van der Waals surface area contributed by atoms with Crippen molar-refractivity contribution >= 4 is 0 Å². The van der Waals surface area contributed by atoms with E-state index in [1.165, 1.54) is 11.5 Å². The maximum absolute atomic E-state index is 11.6. The zero-order valence-corrected chi connectivity index (χ0v) is 7.20. The second-order valence-corrected chi connectivity index (χ2v) is 4.98. The number of hydrogen-bond donors (Lipinski definition) is 1. The van der Waals surface area contributed by atoms with Crippen LogP contribution in [0.1, 0.15) is 32.1 Å². The molecule has 67 valence electrons. The molecule has 0 aromatic rings. The maximum Gasteiger partial charge on any atom is 0.0406 e. The minimum Gasteiger partial charge on any atom is -0.325 e. The molecule has 4 rings (SSSR count). The summed E-state index contributed by atoms with van der Waals surface area (Å²) in [5, 5.41) is 12.9. The molecule has 4 bridgehead atoms. The molecule has 2 atom stereocenters. The summed E-state index contributed by atoms with van der Waals surface area (Å²) in [5.74, 6) is 0.762. The quantitative estimate of drug-likeness (QED) is 0.576. The van der Waals surface area contributed by atoms with E-state index < -0.39 is 0 Å². The van der Waals surface area contributed by atoms with Crippen LogP contribution >= 0.6 is 0 Å². The number of hydrogen-bond acceptors (Lipinski definition) is 2. The number of nitrogens with two attached hydrogens (primary N) is 1. The van der Waals surface area contributed by atoms with Crippen LogP contribution < -0.4 is 5.73 Å². The summed E-state index contributed by atoms with van der Waals surface area (Å²) >= 11 is 0. The van der Waals surface area contributed by atoms with Crippen LogP contribution in [0, 0.1) is 5.92 Å². The average molecular weight is 167 g/mol. The highest BCUT2D eigenvalue weighted by molar-refractivity contribution is 5.08. The third kappa shape index (κ3) is 0.817. The summed E-state index contributed by atoms with van der Waals surface area (Å²) in [4.78, 5) is 0. The van der Waals surface area contributed by atoms with Crippen LogP contribution in [0.5, 0.6) is 0 Å². The van der Waals surface area contributed by atoms with E-state index in [0.717, 1.165) is 31.6 Å². The minimum atomic E-state index is 0.0391. The first kappa shape index (κ1) is 7.30. The summed E-state index contributed by atoms with van der Waals surface area (Å²) in [6.45, 7) is 0. The van der Waals surface area contributed by atoms with Crippen molar-refractivity contribution < 1.29 is 5.21 Å². The SMILES string of the molecule is NC12CC3CC(C1)N([O])C(C3)C2. The highest BCUT2D eigenvalue weighted by Crippen LogP contribution is 2.49. The molecule has 4 aliphatic rings. The van der Waals surface area contributed by atoms with Crippen molar-refractivity contribution in [3.05, 3.63) is 0 Å². The summed E-state index contributed by atoms with van der Waals surface area (Å²) in [6.07, 6.45) is 5.29. The van der Waals surface area contributed by atoms with Crippen molar-refractivity contribution in [2.24, 2.45) is 11.7 Å². The van der Waals surface area contributed by atoms with Crippen LogP contribution in [0.4, 0.5) is 0 Å². The Morgan fingerprint density at radius 1 is 1.17 bits per heavy atom. The van der Waals surface area contributed by atoms with E-state index in [-0.39, 0.29) is 17.6 Å². The summed E-state index contributed by atoms with van der Waals surface area (Å²) in [7, 11) is 0. The van der Waals surface area contributed by atoms with Crippen molar-refractivity contribution in [2.75, 3.05) is 0 Å². The van der Waals surface area contributed by atoms with E-state index in [0.29, 0.717) is 0 Å². The molecule has 2 aliphatic heterocycles. The van der Waals surface area contributed by atoms with Gasteiger partial charge < -0.3 is 5.73 Å². The van der Waals surface area contributed by atoms with Gasteiger partial charge in [0.05, 0.1) is 0 Å². The molecule has 12 heavy (non-hydrogen) atoms. The molecule has 2 aliphatic carbocycles. The first-order valence-corrected chi connectivity index (χ1v) is 4.91. The molecule has 2 saturated carbocycles. The normalized spacial score (nSPS) is 58.0. The van der Waals surface area contributed by atoms with Crippen molar-refractivity contribution in [3.63, 3.8) is 0 Å². The Morgan fingerprint density at radius 2 is 1.75 bits per heavy atom. The van der Waals surface area contributed by atoms with Gasteiger partial charge in [0.2, 0.25) is 0 Å². The Hall–Kier alpha value is -0.120. The second-order valence-electron chi connectivity index (χ2n) is 4.98. The lowest BCUT2D eigenvalue weighted by molar-refractivity contribution is -0.274. The monoisotopic (exact) mass is 167 g/mol. The van der Waals surface area contributed by atoms with E-state index in [4.69, 9.17) is 5.73 Å². The molecule has 2 heterocycles. The van der Waals surface area contributed by atoms with Crippen molar-refractivity contribution in [2.45, 2.75) is 49.7 Å². The van der Waals surface area contributed by atoms with Crippen LogP contribution in [0.15, 0.2) is 0 Å². The molecule has 0 amide bonds. The number of nitrogens with zero attached hydrogens (tertiary/aromatic N) is 1. The predicted molar refractivity (Wildman–Crippen MR) is 43.6 cm³/mol. The van der Waals surface area contributed by atoms with Gasteiger partial charge in [-0.1, -0.05) is 0 Å². The molecule has 3 heteroatoms. The average Bonchev–Trinajstić information content (AvgIpc) is 1.96. The molecule has 0 spiro atoms. The van der Waals surface area contributed by atoms with Gasteiger partial charge in [-0.25, -0.2) is 0 Å². The smallest absolute Gasteiger partial charge is 0.0406 e. The third-order valence-corrected chi connectivity index (χ3v) is 3.91. The molecule has 1 radical (unpaired) electrons. The third-order valence-electron chi connectivity index (χ3n) is 3.91. The molecule has 2 unspecified atom stereocenters. The van der Waals surface area contributed by atoms with E-state index in [1.54, 1.807) is 0 Å². The Balaban J connectivity index is 1.95. The molecule has 3 nitrogen and oxygen atoms in total. The fourth-order valence-electron chi connectivity index (χ4n) is 3.65. The summed E-state index contributed by atoms with van der Waals surface area (Å²) in [6, 6.07) is 0.530. The Bertz CT molecular complexity index is 203. The molecule has 2 N–H and O–H groups in total. The molecule has 2 saturated heterocycles. The van der Waals surface area contributed by atoms with E-state index >= 15 is 0 Å². The molecule has 0 aromatic heterocycles. The molecular weight excluding hydrogens is 152 g/mol. The standard InChI is InChI=1S/C9H15N2O/c10-9-3-6-1-7(4-9)11(12)8(2-6)5-9/h6-8H,1-5,10H2. The van der Waals surface area contributed by atoms with Crippen LogP contribution in [0.2, 0.25) is 0 Å². The van der Waals surface area contributed by atoms with Crippen LogP contribution in [-0.2, 0) is 5.21 Å². The van der Waals surface area contributed by atoms with Crippen LogP contribution in [0.3, 0.4) is 0 Å². The summed E-state index contributed by atoms with van der Waals surface area (Å²) in [5.41, 5.74) is 6.26.